The van der Waals surface area contributed by atoms with E-state index in [-0.39, 0.29) is 17.5 Å². The fourth-order valence-electron chi connectivity index (χ4n) is 1.94. The molecule has 0 saturated heterocycles. The zero-order chi connectivity index (χ0) is 14.0. The zero-order valence-electron chi connectivity index (χ0n) is 10.5. The van der Waals surface area contributed by atoms with Crippen LogP contribution in [0, 0.1) is 0 Å². The lowest BCUT2D eigenvalue weighted by Crippen LogP contribution is -2.33. The van der Waals surface area contributed by atoms with Gasteiger partial charge in [-0.25, -0.2) is 8.42 Å². The van der Waals surface area contributed by atoms with Crippen LogP contribution in [0.5, 0.6) is 0 Å². The van der Waals surface area contributed by atoms with Gasteiger partial charge in [-0.2, -0.15) is 4.31 Å². The zero-order valence-corrected chi connectivity index (χ0v) is 12.1. The molecule has 104 valence electrons. The van der Waals surface area contributed by atoms with Crippen LogP contribution in [0.3, 0.4) is 0 Å². The van der Waals surface area contributed by atoms with Crippen molar-refractivity contribution in [2.75, 3.05) is 6.54 Å². The van der Waals surface area contributed by atoms with Crippen molar-refractivity contribution < 1.29 is 8.42 Å². The van der Waals surface area contributed by atoms with E-state index in [0.29, 0.717) is 17.1 Å². The molecule has 1 fully saturated rings. The fraction of sp³-hybridized carbons (Fsp3) is 0.385. The van der Waals surface area contributed by atoms with E-state index >= 15 is 0 Å². The van der Waals surface area contributed by atoms with Gasteiger partial charge in [0.2, 0.25) is 10.0 Å². The normalized spacial score (nSPS) is 15.7. The molecule has 0 aromatic heterocycles. The Hall–Kier alpha value is -0.880. The number of halogens is 1. The van der Waals surface area contributed by atoms with Crippen LogP contribution in [0.15, 0.2) is 35.7 Å². The molecule has 1 aromatic carbocycles. The van der Waals surface area contributed by atoms with Crippen LogP contribution < -0.4 is 5.73 Å². The summed E-state index contributed by atoms with van der Waals surface area (Å²) in [4.78, 5) is 0.242. The van der Waals surface area contributed by atoms with E-state index in [9.17, 15) is 8.42 Å². The van der Waals surface area contributed by atoms with Gasteiger partial charge in [0, 0.05) is 24.2 Å². The number of rotatable bonds is 6. The van der Waals surface area contributed by atoms with Crippen molar-refractivity contribution in [3.8, 4) is 0 Å². The van der Waals surface area contributed by atoms with Crippen molar-refractivity contribution in [1.29, 1.82) is 0 Å². The van der Waals surface area contributed by atoms with Crippen LogP contribution in [0.2, 0.25) is 5.02 Å². The number of hydrogen-bond acceptors (Lipinski definition) is 3. The smallest absolute Gasteiger partial charge is 0.243 e. The highest BCUT2D eigenvalue weighted by molar-refractivity contribution is 7.89. The van der Waals surface area contributed by atoms with Crippen LogP contribution >= 0.6 is 11.6 Å². The average molecular weight is 301 g/mol. The summed E-state index contributed by atoms with van der Waals surface area (Å²) in [5.41, 5.74) is 6.20. The first kappa shape index (κ1) is 14.5. The fourth-order valence-corrected chi connectivity index (χ4v) is 3.84. The highest BCUT2D eigenvalue weighted by Gasteiger charge is 2.37. The largest absolute Gasteiger partial charge is 0.326 e. The molecule has 1 aliphatic rings. The predicted octanol–water partition coefficient (Wildman–Crippen LogP) is 2.14. The number of hydrogen-bond donors (Lipinski definition) is 1. The second-order valence-corrected chi connectivity index (χ2v) is 6.85. The van der Waals surface area contributed by atoms with Crippen molar-refractivity contribution >= 4 is 21.6 Å². The molecule has 0 bridgehead atoms. The quantitative estimate of drug-likeness (QED) is 0.819. The summed E-state index contributed by atoms with van der Waals surface area (Å²) in [6.07, 6.45) is 3.42. The van der Waals surface area contributed by atoms with Crippen LogP contribution in [-0.2, 0) is 16.6 Å². The van der Waals surface area contributed by atoms with Crippen molar-refractivity contribution in [1.82, 2.24) is 4.31 Å². The number of sulfonamides is 1. The molecule has 0 radical (unpaired) electrons. The lowest BCUT2D eigenvalue weighted by Gasteiger charge is -2.20. The Labute approximate surface area is 118 Å². The Morgan fingerprint density at radius 3 is 2.68 bits per heavy atom. The second kappa shape index (κ2) is 5.63. The monoisotopic (exact) mass is 300 g/mol. The van der Waals surface area contributed by atoms with Crippen molar-refractivity contribution in [2.45, 2.75) is 30.3 Å². The maximum Gasteiger partial charge on any atom is 0.243 e. The number of nitrogens with zero attached hydrogens (tertiary/aromatic N) is 1. The van der Waals surface area contributed by atoms with Crippen LogP contribution in [0.4, 0.5) is 0 Å². The van der Waals surface area contributed by atoms with Gasteiger partial charge in [-0.1, -0.05) is 17.7 Å². The van der Waals surface area contributed by atoms with Gasteiger partial charge in [0.1, 0.15) is 0 Å². The summed E-state index contributed by atoms with van der Waals surface area (Å²) in [7, 11) is -3.50. The van der Waals surface area contributed by atoms with Gasteiger partial charge >= 0.3 is 0 Å². The first-order valence-corrected chi connectivity index (χ1v) is 7.93. The Balaban J connectivity index is 2.39. The second-order valence-electron chi connectivity index (χ2n) is 4.55. The van der Waals surface area contributed by atoms with Gasteiger partial charge in [-0.05, 0) is 36.6 Å². The van der Waals surface area contributed by atoms with Crippen molar-refractivity contribution in [2.24, 2.45) is 5.73 Å². The molecule has 0 aliphatic heterocycles. The van der Waals surface area contributed by atoms with Gasteiger partial charge in [-0.15, -0.1) is 6.58 Å². The lowest BCUT2D eigenvalue weighted by atomic mass is 10.2. The first-order valence-electron chi connectivity index (χ1n) is 6.12. The molecule has 0 spiro atoms. The summed E-state index contributed by atoms with van der Waals surface area (Å²) < 4.78 is 26.6. The van der Waals surface area contributed by atoms with E-state index in [0.717, 1.165) is 12.8 Å². The first-order chi connectivity index (χ1) is 9.00. The molecule has 1 aliphatic carbocycles. The molecule has 1 aromatic rings. The lowest BCUT2D eigenvalue weighted by molar-refractivity contribution is 0.436. The molecular weight excluding hydrogens is 284 g/mol. The minimum absolute atomic E-state index is 0.0972. The van der Waals surface area contributed by atoms with Gasteiger partial charge in [0.25, 0.3) is 0 Å². The van der Waals surface area contributed by atoms with E-state index in [1.807, 2.05) is 0 Å². The van der Waals surface area contributed by atoms with Crippen molar-refractivity contribution in [3.05, 3.63) is 41.4 Å². The number of nitrogens with two attached hydrogens (primary N) is 1. The molecule has 2 N–H and O–H groups in total. The molecule has 6 heteroatoms. The molecule has 4 nitrogen and oxygen atoms in total. The summed E-state index contributed by atoms with van der Waals surface area (Å²) in [5.74, 6) is 0. The summed E-state index contributed by atoms with van der Waals surface area (Å²) in [6, 6.07) is 4.75. The predicted molar refractivity (Wildman–Crippen MR) is 76.5 cm³/mol. The maximum absolute atomic E-state index is 12.6. The molecule has 19 heavy (non-hydrogen) atoms. The SMILES string of the molecule is C=CCN(C1CC1)S(=O)(=O)c1ccc(Cl)c(CN)c1. The molecular formula is C13H17ClN2O2S. The van der Waals surface area contributed by atoms with E-state index in [1.165, 1.54) is 10.4 Å². The summed E-state index contributed by atoms with van der Waals surface area (Å²) in [5, 5.41) is 0.489. The van der Waals surface area contributed by atoms with Gasteiger partial charge in [0.05, 0.1) is 4.90 Å². The third-order valence-corrected chi connectivity index (χ3v) is 5.39. The standard InChI is InChI=1S/C13H17ClN2O2S/c1-2-7-16(11-3-4-11)19(17,18)12-5-6-13(14)10(8-12)9-15/h2,5-6,8,11H,1,3-4,7,9,15H2. The third kappa shape index (κ3) is 3.00. The summed E-state index contributed by atoms with van der Waals surface area (Å²) in [6.45, 7) is 4.16. The van der Waals surface area contributed by atoms with Gasteiger partial charge < -0.3 is 5.73 Å². The van der Waals surface area contributed by atoms with E-state index < -0.39 is 10.0 Å². The minimum atomic E-state index is -3.50. The van der Waals surface area contributed by atoms with E-state index in [1.54, 1.807) is 18.2 Å². The van der Waals surface area contributed by atoms with E-state index in [4.69, 9.17) is 17.3 Å². The molecule has 2 rings (SSSR count). The highest BCUT2D eigenvalue weighted by atomic mass is 35.5. The number of benzene rings is 1. The Bertz CT molecular complexity index is 582. The molecule has 0 atom stereocenters. The molecule has 0 amide bonds. The average Bonchev–Trinajstić information content (AvgIpc) is 3.20. The van der Waals surface area contributed by atoms with Crippen LogP contribution in [0.25, 0.3) is 0 Å². The van der Waals surface area contributed by atoms with Crippen molar-refractivity contribution in [3.63, 3.8) is 0 Å². The molecule has 0 heterocycles. The Morgan fingerprint density at radius 2 is 2.16 bits per heavy atom. The third-order valence-electron chi connectivity index (χ3n) is 3.11. The Kier molecular flexibility index (Phi) is 4.30. The molecule has 1 saturated carbocycles. The topological polar surface area (TPSA) is 63.4 Å². The maximum atomic E-state index is 12.6. The van der Waals surface area contributed by atoms with Gasteiger partial charge in [-0.3, -0.25) is 0 Å². The minimum Gasteiger partial charge on any atom is -0.326 e. The van der Waals surface area contributed by atoms with Gasteiger partial charge in [0.15, 0.2) is 0 Å². The molecule has 0 unspecified atom stereocenters. The van der Waals surface area contributed by atoms with E-state index in [2.05, 4.69) is 6.58 Å². The Morgan fingerprint density at radius 1 is 1.47 bits per heavy atom. The van der Waals surface area contributed by atoms with Crippen LogP contribution in [0.1, 0.15) is 18.4 Å². The van der Waals surface area contributed by atoms with Crippen LogP contribution in [-0.4, -0.2) is 25.3 Å². The summed E-state index contributed by atoms with van der Waals surface area (Å²) >= 11 is 5.96. The highest BCUT2D eigenvalue weighted by Crippen LogP contribution is 2.32.